The molecule has 0 bridgehead atoms. The van der Waals surface area contributed by atoms with Crippen molar-refractivity contribution < 1.29 is 126 Å². The minimum atomic E-state index is 0. The predicted molar refractivity (Wildman–Crippen MR) is 112 cm³/mol. The summed E-state index contributed by atoms with van der Waals surface area (Å²) in [6.45, 7) is 22.7. The molecular weight excluding hydrogens is 849 g/mol. The molecule has 0 aromatic rings. The SMILES string of the molecule is CCOCC.CCOCC.CCOCC.CCOCC.[Br-].[Br-].[Br-].[Br-].[Br-].[Br-].[Mg+2].[Mg+2].[Mg+2].[Mg+2].[O-2]. The molecule has 0 rings (SSSR count). The number of halogens is 6. The predicted octanol–water partition coefficient (Wildman–Crippen LogP) is -15.4. The Labute approximate surface area is 321 Å². The molecule has 0 N–H and O–H groups in total. The summed E-state index contributed by atoms with van der Waals surface area (Å²) in [6, 6.07) is 0. The summed E-state index contributed by atoms with van der Waals surface area (Å²) in [5.41, 5.74) is 0. The standard InChI is InChI=1S/4C4H10O.6BrH.4Mg.O/c4*1-3-5-4-2;;;;;;;;;;;/h4*3-4H2,1-2H3;6*1H;;;;;/q;;;;;;;;;;4*+2;-2/p-6. The quantitative estimate of drug-likeness (QED) is 0.228. The van der Waals surface area contributed by atoms with Crippen molar-refractivity contribution in [2.75, 3.05) is 52.9 Å². The third-order valence-electron chi connectivity index (χ3n) is 1.63. The van der Waals surface area contributed by atoms with E-state index < -0.39 is 0 Å². The third-order valence-corrected chi connectivity index (χ3v) is 1.63. The van der Waals surface area contributed by atoms with Gasteiger partial charge in [-0.3, -0.25) is 0 Å². The fourth-order valence-electron chi connectivity index (χ4n) is 0.816. The van der Waals surface area contributed by atoms with Gasteiger partial charge in [0.25, 0.3) is 0 Å². The molecule has 0 aliphatic carbocycles. The summed E-state index contributed by atoms with van der Waals surface area (Å²) >= 11 is 0. The largest absolute Gasteiger partial charge is 2.00 e. The van der Waals surface area contributed by atoms with Crippen LogP contribution in [0.15, 0.2) is 0 Å². The summed E-state index contributed by atoms with van der Waals surface area (Å²) in [4.78, 5) is 0. The van der Waals surface area contributed by atoms with Crippen LogP contribution in [0.3, 0.4) is 0 Å². The second-order valence-corrected chi connectivity index (χ2v) is 3.13. The van der Waals surface area contributed by atoms with Gasteiger partial charge in [-0.25, -0.2) is 0 Å². The molecule has 0 atom stereocenters. The Morgan fingerprint density at radius 2 is 0.355 bits per heavy atom. The van der Waals surface area contributed by atoms with Crippen molar-refractivity contribution in [1.29, 1.82) is 0 Å². The van der Waals surface area contributed by atoms with Crippen molar-refractivity contribution in [2.24, 2.45) is 0 Å². The van der Waals surface area contributed by atoms with Crippen LogP contribution in [0.5, 0.6) is 0 Å². The molecule has 0 saturated heterocycles. The second kappa shape index (κ2) is 137. The molecule has 5 nitrogen and oxygen atoms in total. The molecule has 0 radical (unpaired) electrons. The Morgan fingerprint density at radius 1 is 0.290 bits per heavy atom. The molecule has 0 aliphatic rings. The Kier molecular flexibility index (Phi) is 439. The van der Waals surface area contributed by atoms with E-state index in [4.69, 9.17) is 18.9 Å². The number of hydrogen-bond acceptors (Lipinski definition) is 4. The number of ether oxygens (including phenoxy) is 4. The van der Waals surface area contributed by atoms with Gasteiger partial charge >= 0.3 is 92.2 Å². The zero-order valence-electron chi connectivity index (χ0n) is 20.8. The summed E-state index contributed by atoms with van der Waals surface area (Å²) in [7, 11) is 0. The van der Waals surface area contributed by atoms with Gasteiger partial charge in [-0.2, -0.15) is 0 Å². The monoisotopic (exact) mass is 882 g/mol. The maximum absolute atomic E-state index is 4.83. The van der Waals surface area contributed by atoms with Crippen LogP contribution in [0, 0.1) is 0 Å². The van der Waals surface area contributed by atoms with E-state index in [2.05, 4.69) is 0 Å². The van der Waals surface area contributed by atoms with E-state index in [1.54, 1.807) is 0 Å². The van der Waals surface area contributed by atoms with Gasteiger partial charge in [0.2, 0.25) is 0 Å². The van der Waals surface area contributed by atoms with Crippen molar-refractivity contribution in [3.05, 3.63) is 0 Å². The van der Waals surface area contributed by atoms with Gasteiger partial charge in [-0.15, -0.1) is 0 Å². The smallest absolute Gasteiger partial charge is 2.00 e. The van der Waals surface area contributed by atoms with Crippen LogP contribution in [0.4, 0.5) is 0 Å². The van der Waals surface area contributed by atoms with Gasteiger partial charge < -0.3 is 126 Å². The first kappa shape index (κ1) is 99.3. The second-order valence-electron chi connectivity index (χ2n) is 3.13. The third kappa shape index (κ3) is 215. The Hall–Kier alpha value is 5.74. The van der Waals surface area contributed by atoms with E-state index in [-0.39, 0.29) is 200 Å². The molecule has 0 aromatic heterocycles. The molecule has 0 aromatic carbocycles. The first-order valence-electron chi connectivity index (χ1n) is 7.97. The Bertz CT molecular complexity index is 108. The zero-order valence-corrected chi connectivity index (χ0v) is 36.0. The maximum Gasteiger partial charge on any atom is 2.00 e. The van der Waals surface area contributed by atoms with Crippen LogP contribution in [0.2, 0.25) is 0 Å². The van der Waals surface area contributed by atoms with Crippen molar-refractivity contribution in [1.82, 2.24) is 0 Å². The molecule has 0 unspecified atom stereocenters. The van der Waals surface area contributed by atoms with Crippen LogP contribution in [0.25, 0.3) is 0 Å². The van der Waals surface area contributed by atoms with E-state index in [0.29, 0.717) is 0 Å². The fourth-order valence-corrected chi connectivity index (χ4v) is 0.816. The van der Waals surface area contributed by atoms with Crippen LogP contribution >= 0.6 is 0 Å². The molecule has 0 amide bonds. The topological polar surface area (TPSA) is 65.4 Å². The Morgan fingerprint density at radius 3 is 0.355 bits per heavy atom. The summed E-state index contributed by atoms with van der Waals surface area (Å²) in [6.07, 6.45) is 0. The van der Waals surface area contributed by atoms with Crippen LogP contribution in [-0.2, 0) is 24.4 Å². The molecule has 0 saturated carbocycles. The normalized spacial score (nSPS) is 5.42. The van der Waals surface area contributed by atoms with Gasteiger partial charge in [0.05, 0.1) is 0 Å². The first-order chi connectivity index (χ1) is 9.66. The van der Waals surface area contributed by atoms with Gasteiger partial charge in [-0.05, 0) is 55.4 Å². The molecule has 15 heteroatoms. The van der Waals surface area contributed by atoms with Crippen LogP contribution in [0.1, 0.15) is 55.4 Å². The van der Waals surface area contributed by atoms with E-state index in [1.807, 2.05) is 55.4 Å². The Balaban J connectivity index is -0.00000000757. The molecule has 0 aliphatic heterocycles. The minimum Gasteiger partial charge on any atom is -2.00 e. The van der Waals surface area contributed by atoms with Gasteiger partial charge in [0.15, 0.2) is 0 Å². The van der Waals surface area contributed by atoms with Crippen molar-refractivity contribution in [3.8, 4) is 0 Å². The zero-order chi connectivity index (χ0) is 16.5. The van der Waals surface area contributed by atoms with Crippen molar-refractivity contribution in [2.45, 2.75) is 55.4 Å². The first-order valence-corrected chi connectivity index (χ1v) is 7.97. The summed E-state index contributed by atoms with van der Waals surface area (Å²) in [5.74, 6) is 0. The van der Waals surface area contributed by atoms with Crippen LogP contribution in [-0.4, -0.2) is 145 Å². The van der Waals surface area contributed by atoms with E-state index >= 15 is 0 Å². The summed E-state index contributed by atoms with van der Waals surface area (Å²) < 4.78 is 19.3. The number of hydrogen-bond donors (Lipinski definition) is 0. The summed E-state index contributed by atoms with van der Waals surface area (Å²) in [5, 5.41) is 0. The maximum atomic E-state index is 4.83. The van der Waals surface area contributed by atoms with Crippen molar-refractivity contribution >= 4 is 92.2 Å². The molecule has 0 heterocycles. The number of rotatable bonds is 8. The molecule has 31 heavy (non-hydrogen) atoms. The van der Waals surface area contributed by atoms with Gasteiger partial charge in [-0.1, -0.05) is 0 Å². The van der Waals surface area contributed by atoms with E-state index in [0.717, 1.165) is 52.9 Å². The average Bonchev–Trinajstić information content (AvgIpc) is 2.44. The average molecular weight is 889 g/mol. The molecule has 0 spiro atoms. The van der Waals surface area contributed by atoms with Gasteiger partial charge in [0.1, 0.15) is 0 Å². The van der Waals surface area contributed by atoms with Gasteiger partial charge in [0, 0.05) is 52.9 Å². The molecular formula is C16H40Br6Mg4O5. The van der Waals surface area contributed by atoms with Crippen LogP contribution < -0.4 is 102 Å². The van der Waals surface area contributed by atoms with Crippen molar-refractivity contribution in [3.63, 3.8) is 0 Å². The van der Waals surface area contributed by atoms with E-state index in [1.165, 1.54) is 0 Å². The molecule has 184 valence electrons. The molecule has 0 fully saturated rings. The fraction of sp³-hybridized carbons (Fsp3) is 1.00. The van der Waals surface area contributed by atoms with E-state index in [9.17, 15) is 0 Å². The minimum absolute atomic E-state index is 0.